The second-order valence-corrected chi connectivity index (χ2v) is 6.31. The minimum Gasteiger partial charge on any atom is -0.459 e. The number of piperazine rings is 1. The third-order valence-electron chi connectivity index (χ3n) is 4.12. The molecule has 6 heteroatoms. The maximum atomic E-state index is 13.0. The largest absolute Gasteiger partial charge is 0.459 e. The molecule has 1 aliphatic rings. The molecular weight excluding hydrogens is 321 g/mol. The van der Waals surface area contributed by atoms with Gasteiger partial charge in [-0.2, -0.15) is 0 Å². The van der Waals surface area contributed by atoms with Crippen LogP contribution in [0.15, 0.2) is 42.6 Å². The Morgan fingerprint density at radius 2 is 1.68 bits per heavy atom. The fraction of sp³-hybridized carbons (Fsp3) is 0.368. The molecule has 0 amide bonds. The third kappa shape index (κ3) is 4.26. The minimum absolute atomic E-state index is 0.147. The van der Waals surface area contributed by atoms with Gasteiger partial charge in [0.15, 0.2) is 0 Å². The van der Waals surface area contributed by atoms with Crippen molar-refractivity contribution in [2.75, 3.05) is 36.0 Å². The van der Waals surface area contributed by atoms with Gasteiger partial charge in [0.05, 0.1) is 11.7 Å². The summed E-state index contributed by atoms with van der Waals surface area (Å²) in [5, 5.41) is 0. The summed E-state index contributed by atoms with van der Waals surface area (Å²) in [4.78, 5) is 20.7. The SMILES string of the molecule is CC(C)OC(=O)c1ccc(N2CCN(c3ccc(F)cc3)CC2)nc1. The third-order valence-corrected chi connectivity index (χ3v) is 4.12. The first kappa shape index (κ1) is 17.2. The lowest BCUT2D eigenvalue weighted by atomic mass is 10.2. The van der Waals surface area contributed by atoms with E-state index in [-0.39, 0.29) is 17.9 Å². The van der Waals surface area contributed by atoms with Gasteiger partial charge >= 0.3 is 5.97 Å². The molecule has 5 nitrogen and oxygen atoms in total. The highest BCUT2D eigenvalue weighted by Crippen LogP contribution is 2.20. The molecule has 1 fully saturated rings. The highest BCUT2D eigenvalue weighted by molar-refractivity contribution is 5.89. The Morgan fingerprint density at radius 3 is 2.24 bits per heavy atom. The van der Waals surface area contributed by atoms with Crippen LogP contribution in [0.1, 0.15) is 24.2 Å². The lowest BCUT2D eigenvalue weighted by Crippen LogP contribution is -2.46. The van der Waals surface area contributed by atoms with Crippen molar-refractivity contribution in [1.29, 1.82) is 0 Å². The van der Waals surface area contributed by atoms with Gasteiger partial charge in [-0.3, -0.25) is 0 Å². The number of ether oxygens (including phenoxy) is 1. The van der Waals surface area contributed by atoms with E-state index in [2.05, 4.69) is 14.8 Å². The number of hydrogen-bond acceptors (Lipinski definition) is 5. The van der Waals surface area contributed by atoms with Crippen molar-refractivity contribution in [2.45, 2.75) is 20.0 Å². The molecule has 3 rings (SSSR count). The van der Waals surface area contributed by atoms with Crippen molar-refractivity contribution < 1.29 is 13.9 Å². The molecule has 25 heavy (non-hydrogen) atoms. The van der Waals surface area contributed by atoms with E-state index in [0.29, 0.717) is 5.56 Å². The molecule has 1 aliphatic heterocycles. The quantitative estimate of drug-likeness (QED) is 0.798. The number of benzene rings is 1. The zero-order valence-electron chi connectivity index (χ0n) is 14.5. The number of pyridine rings is 1. The Morgan fingerprint density at radius 1 is 1.04 bits per heavy atom. The van der Waals surface area contributed by atoms with Gasteiger partial charge in [0.1, 0.15) is 11.6 Å². The zero-order chi connectivity index (χ0) is 17.8. The van der Waals surface area contributed by atoms with Crippen molar-refractivity contribution in [3.05, 3.63) is 54.0 Å². The van der Waals surface area contributed by atoms with Crippen LogP contribution in [0, 0.1) is 5.82 Å². The first-order valence-electron chi connectivity index (χ1n) is 8.45. The summed E-state index contributed by atoms with van der Waals surface area (Å²) in [6.45, 7) is 6.95. The summed E-state index contributed by atoms with van der Waals surface area (Å²) in [5.41, 5.74) is 1.49. The monoisotopic (exact) mass is 343 g/mol. The Balaban J connectivity index is 1.59. The van der Waals surface area contributed by atoms with Crippen molar-refractivity contribution in [2.24, 2.45) is 0 Å². The number of rotatable bonds is 4. The fourth-order valence-corrected chi connectivity index (χ4v) is 2.82. The van der Waals surface area contributed by atoms with E-state index in [0.717, 1.165) is 37.7 Å². The van der Waals surface area contributed by atoms with Crippen molar-refractivity contribution in [3.8, 4) is 0 Å². The lowest BCUT2D eigenvalue weighted by Gasteiger charge is -2.36. The molecule has 0 spiro atoms. The molecule has 1 saturated heterocycles. The molecule has 0 atom stereocenters. The molecule has 132 valence electrons. The summed E-state index contributed by atoms with van der Waals surface area (Å²) >= 11 is 0. The Hall–Kier alpha value is -2.63. The average Bonchev–Trinajstić information content (AvgIpc) is 2.62. The standard InChI is InChI=1S/C19H22FN3O2/c1-14(2)25-19(24)15-3-8-18(21-13-15)23-11-9-22(10-12-23)17-6-4-16(20)5-7-17/h3-8,13-14H,9-12H2,1-2H3. The number of esters is 1. The highest BCUT2D eigenvalue weighted by atomic mass is 19.1. The number of hydrogen-bond donors (Lipinski definition) is 0. The predicted octanol–water partition coefficient (Wildman–Crippen LogP) is 3.11. The highest BCUT2D eigenvalue weighted by Gasteiger charge is 2.19. The van der Waals surface area contributed by atoms with E-state index in [9.17, 15) is 9.18 Å². The second kappa shape index (κ2) is 7.51. The van der Waals surface area contributed by atoms with E-state index in [1.807, 2.05) is 19.9 Å². The number of carbonyl (C=O) groups is 1. The minimum atomic E-state index is -0.352. The van der Waals surface area contributed by atoms with Gasteiger partial charge in [0, 0.05) is 38.1 Å². The summed E-state index contributed by atoms with van der Waals surface area (Å²) in [6, 6.07) is 10.2. The van der Waals surface area contributed by atoms with Crippen LogP contribution >= 0.6 is 0 Å². The summed E-state index contributed by atoms with van der Waals surface area (Å²) in [6.07, 6.45) is 1.42. The van der Waals surface area contributed by atoms with Crippen LogP contribution in [0.25, 0.3) is 0 Å². The lowest BCUT2D eigenvalue weighted by molar-refractivity contribution is 0.0377. The van der Waals surface area contributed by atoms with Crippen LogP contribution in [0.3, 0.4) is 0 Å². The summed E-state index contributed by atoms with van der Waals surface area (Å²) in [5.74, 6) is 0.276. The maximum Gasteiger partial charge on any atom is 0.339 e. The number of halogens is 1. The van der Waals surface area contributed by atoms with Gasteiger partial charge in [-0.15, -0.1) is 0 Å². The van der Waals surface area contributed by atoms with Crippen LogP contribution in [0.5, 0.6) is 0 Å². The van der Waals surface area contributed by atoms with Crippen molar-refractivity contribution in [3.63, 3.8) is 0 Å². The predicted molar refractivity (Wildman–Crippen MR) is 95.6 cm³/mol. The van der Waals surface area contributed by atoms with Crippen LogP contribution in [-0.2, 0) is 4.74 Å². The molecule has 0 unspecified atom stereocenters. The number of nitrogens with zero attached hydrogens (tertiary/aromatic N) is 3. The number of carbonyl (C=O) groups excluding carboxylic acids is 1. The van der Waals surface area contributed by atoms with E-state index < -0.39 is 0 Å². The van der Waals surface area contributed by atoms with E-state index in [1.165, 1.54) is 12.1 Å². The first-order valence-corrected chi connectivity index (χ1v) is 8.45. The topological polar surface area (TPSA) is 45.7 Å². The van der Waals surface area contributed by atoms with Crippen LogP contribution in [-0.4, -0.2) is 43.2 Å². The average molecular weight is 343 g/mol. The molecule has 0 aliphatic carbocycles. The molecule has 2 aromatic rings. The zero-order valence-corrected chi connectivity index (χ0v) is 14.5. The smallest absolute Gasteiger partial charge is 0.339 e. The van der Waals surface area contributed by atoms with Crippen LogP contribution in [0.4, 0.5) is 15.9 Å². The molecule has 0 bridgehead atoms. The van der Waals surface area contributed by atoms with Gasteiger partial charge in [-0.05, 0) is 50.2 Å². The first-order chi connectivity index (χ1) is 12.0. The molecule has 1 aromatic heterocycles. The fourth-order valence-electron chi connectivity index (χ4n) is 2.82. The molecule has 0 saturated carbocycles. The van der Waals surface area contributed by atoms with Crippen molar-refractivity contribution in [1.82, 2.24) is 4.98 Å². The molecule has 1 aromatic carbocycles. The Kier molecular flexibility index (Phi) is 5.16. The van der Waals surface area contributed by atoms with E-state index in [1.54, 1.807) is 24.4 Å². The van der Waals surface area contributed by atoms with Crippen LogP contribution < -0.4 is 9.80 Å². The number of anilines is 2. The second-order valence-electron chi connectivity index (χ2n) is 6.31. The number of aromatic nitrogens is 1. The van der Waals surface area contributed by atoms with Gasteiger partial charge in [-0.25, -0.2) is 14.2 Å². The van der Waals surface area contributed by atoms with Gasteiger partial charge in [-0.1, -0.05) is 0 Å². The molecule has 0 radical (unpaired) electrons. The van der Waals surface area contributed by atoms with E-state index in [4.69, 9.17) is 4.74 Å². The summed E-state index contributed by atoms with van der Waals surface area (Å²) < 4.78 is 18.2. The van der Waals surface area contributed by atoms with Gasteiger partial charge < -0.3 is 14.5 Å². The van der Waals surface area contributed by atoms with Crippen molar-refractivity contribution >= 4 is 17.5 Å². The maximum absolute atomic E-state index is 13.0. The Labute approximate surface area is 147 Å². The van der Waals surface area contributed by atoms with Gasteiger partial charge in [0.25, 0.3) is 0 Å². The molecule has 0 N–H and O–H groups in total. The van der Waals surface area contributed by atoms with E-state index >= 15 is 0 Å². The van der Waals surface area contributed by atoms with Gasteiger partial charge in [0.2, 0.25) is 0 Å². The van der Waals surface area contributed by atoms with Crippen LogP contribution in [0.2, 0.25) is 0 Å². The molecule has 2 heterocycles. The molecular formula is C19H22FN3O2. The Bertz CT molecular complexity index is 708. The normalized spacial score (nSPS) is 14.7. The summed E-state index contributed by atoms with van der Waals surface area (Å²) in [7, 11) is 0.